The number of aryl methyl sites for hydroxylation is 1. The molecule has 2 fully saturated rings. The second-order valence-corrected chi connectivity index (χ2v) is 10.8. The predicted octanol–water partition coefficient (Wildman–Crippen LogP) is 2.75. The minimum absolute atomic E-state index is 0.207. The first-order valence-electron chi connectivity index (χ1n) is 13.9. The van der Waals surface area contributed by atoms with Crippen LogP contribution < -0.4 is 26.8 Å². The molecular formula is C27H38FN9. The maximum atomic E-state index is 15.4. The lowest BCUT2D eigenvalue weighted by atomic mass is 9.97. The van der Waals surface area contributed by atoms with E-state index in [2.05, 4.69) is 30.2 Å². The second-order valence-electron chi connectivity index (χ2n) is 10.8. The Hall–Kier alpha value is -2.82. The third-order valence-corrected chi connectivity index (χ3v) is 8.47. The minimum Gasteiger partial charge on any atom is -0.369 e. The number of nitrogens with one attached hydrogen (secondary N) is 1. The summed E-state index contributed by atoms with van der Waals surface area (Å²) in [5, 5.41) is 1.64. The van der Waals surface area contributed by atoms with Crippen molar-refractivity contribution < 1.29 is 4.39 Å². The number of piperidine rings is 1. The van der Waals surface area contributed by atoms with Crippen molar-refractivity contribution in [3.63, 3.8) is 0 Å². The van der Waals surface area contributed by atoms with Crippen LogP contribution >= 0.6 is 0 Å². The predicted molar refractivity (Wildman–Crippen MR) is 143 cm³/mol. The molecule has 1 unspecified atom stereocenters. The minimum atomic E-state index is -1.38. The van der Waals surface area contributed by atoms with Gasteiger partial charge in [-0.15, -0.1) is 0 Å². The molecule has 2 saturated heterocycles. The monoisotopic (exact) mass is 507 g/mol. The number of hydrazine groups is 1. The van der Waals surface area contributed by atoms with Crippen LogP contribution in [-0.4, -0.2) is 53.0 Å². The van der Waals surface area contributed by atoms with E-state index in [1.165, 1.54) is 44.8 Å². The van der Waals surface area contributed by atoms with E-state index >= 15 is 4.39 Å². The maximum absolute atomic E-state index is 15.4. The summed E-state index contributed by atoms with van der Waals surface area (Å²) in [6.07, 6.45) is 12.7. The quantitative estimate of drug-likeness (QED) is 0.579. The molecule has 1 aromatic heterocycles. The lowest BCUT2D eigenvalue weighted by Crippen LogP contribution is -2.53. The number of nitrogens with two attached hydrogens (primary N) is 2. The maximum Gasteiger partial charge on any atom is 0.215 e. The normalized spacial score (nSPS) is 25.6. The van der Waals surface area contributed by atoms with Gasteiger partial charge in [-0.25, -0.2) is 24.4 Å². The summed E-state index contributed by atoms with van der Waals surface area (Å²) in [7, 11) is 0. The van der Waals surface area contributed by atoms with Crippen LogP contribution in [0.5, 0.6) is 0 Å². The number of hydrogen-bond donors (Lipinski definition) is 3. The summed E-state index contributed by atoms with van der Waals surface area (Å²) in [6.45, 7) is 4.14. The van der Waals surface area contributed by atoms with Gasteiger partial charge in [-0.3, -0.25) is 5.73 Å². The summed E-state index contributed by atoms with van der Waals surface area (Å²) >= 11 is 0. The first kappa shape index (κ1) is 24.5. The van der Waals surface area contributed by atoms with Crippen molar-refractivity contribution >= 4 is 17.5 Å². The van der Waals surface area contributed by atoms with E-state index in [1.54, 1.807) is 11.3 Å². The number of guanidine groups is 1. The van der Waals surface area contributed by atoms with E-state index in [9.17, 15) is 0 Å². The highest BCUT2D eigenvalue weighted by Crippen LogP contribution is 2.33. The van der Waals surface area contributed by atoms with Gasteiger partial charge >= 0.3 is 0 Å². The molecule has 3 aliphatic heterocycles. The van der Waals surface area contributed by atoms with E-state index in [-0.39, 0.29) is 11.8 Å². The molecule has 2 aromatic rings. The second kappa shape index (κ2) is 10.2. The number of aromatic nitrogens is 2. The summed E-state index contributed by atoms with van der Waals surface area (Å²) in [4.78, 5) is 18.3. The molecule has 0 amide bonds. The van der Waals surface area contributed by atoms with Crippen molar-refractivity contribution in [2.24, 2.45) is 16.5 Å². The largest absolute Gasteiger partial charge is 0.369 e. The van der Waals surface area contributed by atoms with Gasteiger partial charge in [0.25, 0.3) is 0 Å². The van der Waals surface area contributed by atoms with Crippen LogP contribution in [0.25, 0.3) is 0 Å². The lowest BCUT2D eigenvalue weighted by Gasteiger charge is -2.38. The lowest BCUT2D eigenvalue weighted by molar-refractivity contribution is 0.207. The molecule has 198 valence electrons. The van der Waals surface area contributed by atoms with Gasteiger partial charge in [-0.05, 0) is 76.6 Å². The molecule has 0 saturated carbocycles. The number of fused-ring (bicyclic) bond motifs is 1. The average Bonchev–Trinajstić information content (AvgIpc) is 3.53. The van der Waals surface area contributed by atoms with Gasteiger partial charge in [0.15, 0.2) is 5.82 Å². The van der Waals surface area contributed by atoms with Gasteiger partial charge in [0.1, 0.15) is 12.1 Å². The van der Waals surface area contributed by atoms with Crippen LogP contribution in [0.4, 0.5) is 15.9 Å². The van der Waals surface area contributed by atoms with Crippen LogP contribution in [-0.2, 0) is 18.6 Å². The molecule has 0 spiro atoms. The van der Waals surface area contributed by atoms with E-state index in [4.69, 9.17) is 11.5 Å². The molecule has 4 aliphatic rings. The number of benzene rings is 1. The molecular weight excluding hydrogens is 469 g/mol. The molecule has 1 aliphatic carbocycles. The van der Waals surface area contributed by atoms with Gasteiger partial charge in [-0.1, -0.05) is 18.9 Å². The number of aliphatic imine (C=N–C) groups is 1. The van der Waals surface area contributed by atoms with Crippen molar-refractivity contribution in [2.45, 2.75) is 76.0 Å². The molecule has 5 N–H and O–H groups in total. The fourth-order valence-electron chi connectivity index (χ4n) is 6.40. The first-order chi connectivity index (χ1) is 18.0. The fourth-order valence-corrected chi connectivity index (χ4v) is 6.40. The SMILES string of the molecule is NC1=NC(N)(c2ccc(N3CCC(N4CCCC4)CC3)c(F)c2)NN1c1ncnc2c1CCCCCC2. The zero-order valence-electron chi connectivity index (χ0n) is 21.5. The van der Waals surface area contributed by atoms with Gasteiger partial charge < -0.3 is 15.5 Å². The summed E-state index contributed by atoms with van der Waals surface area (Å²) in [6, 6.07) is 5.79. The molecule has 1 aromatic carbocycles. The third kappa shape index (κ3) is 4.78. The van der Waals surface area contributed by atoms with Crippen LogP contribution in [0.3, 0.4) is 0 Å². The topological polar surface area (TPSA) is 112 Å². The molecule has 6 rings (SSSR count). The molecule has 1 atom stereocenters. The van der Waals surface area contributed by atoms with E-state index < -0.39 is 5.79 Å². The Morgan fingerprint density at radius 3 is 2.46 bits per heavy atom. The van der Waals surface area contributed by atoms with Crippen molar-refractivity contribution in [2.75, 3.05) is 36.1 Å². The molecule has 0 bridgehead atoms. The summed E-state index contributed by atoms with van der Waals surface area (Å²) in [5.41, 5.74) is 19.5. The summed E-state index contributed by atoms with van der Waals surface area (Å²) in [5.74, 6) is -0.786. The van der Waals surface area contributed by atoms with E-state index in [0.29, 0.717) is 23.1 Å². The third-order valence-electron chi connectivity index (χ3n) is 8.47. The van der Waals surface area contributed by atoms with Crippen LogP contribution in [0, 0.1) is 5.82 Å². The van der Waals surface area contributed by atoms with Crippen molar-refractivity contribution in [1.29, 1.82) is 0 Å². The Morgan fingerprint density at radius 2 is 1.70 bits per heavy atom. The molecule has 0 radical (unpaired) electrons. The van der Waals surface area contributed by atoms with E-state index in [1.807, 2.05) is 12.1 Å². The van der Waals surface area contributed by atoms with Gasteiger partial charge in [-0.2, -0.15) is 5.43 Å². The van der Waals surface area contributed by atoms with Crippen molar-refractivity contribution in [1.82, 2.24) is 20.3 Å². The number of rotatable bonds is 4. The Morgan fingerprint density at radius 1 is 0.946 bits per heavy atom. The highest BCUT2D eigenvalue weighted by molar-refractivity contribution is 5.95. The molecule has 37 heavy (non-hydrogen) atoms. The van der Waals surface area contributed by atoms with Crippen LogP contribution in [0.2, 0.25) is 0 Å². The first-order valence-corrected chi connectivity index (χ1v) is 13.9. The number of nitrogens with zero attached hydrogens (tertiary/aromatic N) is 6. The number of halogens is 1. The Labute approximate surface area is 218 Å². The average molecular weight is 508 g/mol. The highest BCUT2D eigenvalue weighted by atomic mass is 19.1. The van der Waals surface area contributed by atoms with Crippen LogP contribution in [0.1, 0.15) is 68.2 Å². The molecule has 9 nitrogen and oxygen atoms in total. The van der Waals surface area contributed by atoms with Gasteiger partial charge in [0, 0.05) is 36.0 Å². The fraction of sp³-hybridized carbons (Fsp3) is 0.593. The summed E-state index contributed by atoms with van der Waals surface area (Å²) < 4.78 is 15.4. The Balaban J connectivity index is 1.19. The standard InChI is InChI=1S/C27H38FN9/c28-22-17-19(9-10-24(22)36-15-11-20(12-16-36)35-13-5-6-14-35)27(30)33-26(29)37(34-27)25-21-7-3-1-2-4-8-23(21)31-18-32-25/h9-10,17-18,20,34H,1-8,11-16,30H2,(H2,29,33). The molecule has 4 heterocycles. The smallest absolute Gasteiger partial charge is 0.215 e. The van der Waals surface area contributed by atoms with E-state index in [0.717, 1.165) is 62.9 Å². The van der Waals surface area contributed by atoms with Crippen molar-refractivity contribution in [3.05, 3.63) is 47.2 Å². The number of hydrogen-bond acceptors (Lipinski definition) is 9. The highest BCUT2D eigenvalue weighted by Gasteiger charge is 2.39. The Kier molecular flexibility index (Phi) is 6.73. The Bertz CT molecular complexity index is 1160. The number of anilines is 2. The van der Waals surface area contributed by atoms with Gasteiger partial charge in [0.05, 0.1) is 5.69 Å². The van der Waals surface area contributed by atoms with Gasteiger partial charge in [0.2, 0.25) is 11.7 Å². The van der Waals surface area contributed by atoms with Crippen molar-refractivity contribution in [3.8, 4) is 0 Å². The zero-order chi connectivity index (χ0) is 25.4. The molecule has 10 heteroatoms. The zero-order valence-corrected chi connectivity index (χ0v) is 21.5. The number of likely N-dealkylation sites (tertiary alicyclic amines) is 1. The van der Waals surface area contributed by atoms with Crippen LogP contribution in [0.15, 0.2) is 29.5 Å².